The Balaban J connectivity index is 1.60. The summed E-state index contributed by atoms with van der Waals surface area (Å²) in [5, 5.41) is 1.36. The van der Waals surface area contributed by atoms with Crippen LogP contribution in [0.15, 0.2) is 85.3 Å². The molecule has 148 valence electrons. The summed E-state index contributed by atoms with van der Waals surface area (Å²) in [6, 6.07) is 17.2. The third kappa shape index (κ3) is 2.65. The number of hydrogen-bond acceptors (Lipinski definition) is 4. The van der Waals surface area contributed by atoms with Crippen molar-refractivity contribution in [2.75, 3.05) is 5.73 Å². The van der Waals surface area contributed by atoms with Crippen LogP contribution in [0.25, 0.3) is 50.0 Å². The summed E-state index contributed by atoms with van der Waals surface area (Å²) in [4.78, 5) is 13.2. The molecule has 2 N–H and O–H groups in total. The molecular weight excluding hydrogens is 389 g/mol. The van der Waals surface area contributed by atoms with E-state index in [0.29, 0.717) is 33.5 Å². The highest BCUT2D eigenvalue weighted by molar-refractivity contribution is 6.04. The predicted molar refractivity (Wildman–Crippen MR) is 121 cm³/mol. The minimum absolute atomic E-state index is 0.313. The summed E-state index contributed by atoms with van der Waals surface area (Å²) in [6.45, 7) is 0. The van der Waals surface area contributed by atoms with Gasteiger partial charge in [-0.3, -0.25) is 0 Å². The minimum atomic E-state index is -0.393. The van der Waals surface area contributed by atoms with Gasteiger partial charge in [0.05, 0.1) is 11.1 Å². The Bertz CT molecular complexity index is 1550. The first-order valence-corrected chi connectivity index (χ1v) is 9.86. The zero-order valence-corrected chi connectivity index (χ0v) is 16.3. The van der Waals surface area contributed by atoms with Crippen LogP contribution in [0.2, 0.25) is 0 Å². The second kappa shape index (κ2) is 6.60. The average molecular weight is 405 g/mol. The van der Waals surface area contributed by atoms with Crippen LogP contribution >= 0.6 is 0 Å². The average Bonchev–Trinajstić information content (AvgIpc) is 3.13. The molecule has 0 saturated carbocycles. The summed E-state index contributed by atoms with van der Waals surface area (Å²) >= 11 is 0. The molecule has 6 rings (SSSR count). The maximum Gasteiger partial charge on any atom is 0.157 e. The van der Waals surface area contributed by atoms with Crippen LogP contribution in [0.3, 0.4) is 0 Å². The fraction of sp³-hybridized carbons (Fsp3) is 0. The smallest absolute Gasteiger partial charge is 0.157 e. The Kier molecular flexibility index (Phi) is 3.73. The molecule has 5 aromatic rings. The second-order valence-corrected chi connectivity index (χ2v) is 7.38. The van der Waals surface area contributed by atoms with Gasteiger partial charge in [0.2, 0.25) is 0 Å². The van der Waals surface area contributed by atoms with Gasteiger partial charge in [-0.05, 0) is 18.2 Å². The molecule has 0 saturated heterocycles. The number of nitrogens with zero attached hydrogens (tertiary/aromatic N) is 4. The molecule has 0 radical (unpaired) electrons. The van der Waals surface area contributed by atoms with Crippen molar-refractivity contribution in [1.29, 1.82) is 0 Å². The molecule has 2 aromatic carbocycles. The fourth-order valence-corrected chi connectivity index (χ4v) is 3.96. The van der Waals surface area contributed by atoms with Gasteiger partial charge in [-0.1, -0.05) is 54.6 Å². The molecule has 0 bridgehead atoms. The van der Waals surface area contributed by atoms with Crippen LogP contribution < -0.4 is 5.73 Å². The number of nitrogens with two attached hydrogens (primary N) is 1. The van der Waals surface area contributed by atoms with E-state index in [1.54, 1.807) is 6.07 Å². The van der Waals surface area contributed by atoms with E-state index in [2.05, 4.69) is 15.0 Å². The number of fused-ring (bicyclic) bond motifs is 2. The molecule has 0 fully saturated rings. The van der Waals surface area contributed by atoms with Crippen molar-refractivity contribution in [3.05, 3.63) is 91.2 Å². The predicted octanol–water partition coefficient (Wildman–Crippen LogP) is 5.45. The highest BCUT2D eigenvalue weighted by Gasteiger charge is 2.21. The molecule has 31 heavy (non-hydrogen) atoms. The number of hydrogen-bond donors (Lipinski definition) is 1. The van der Waals surface area contributed by atoms with Crippen molar-refractivity contribution >= 4 is 33.5 Å². The van der Waals surface area contributed by atoms with Crippen molar-refractivity contribution < 1.29 is 4.39 Å². The first-order chi connectivity index (χ1) is 15.2. The number of halogens is 1. The van der Waals surface area contributed by atoms with E-state index in [0.717, 1.165) is 22.3 Å². The maximum atomic E-state index is 15.8. The fourth-order valence-electron chi connectivity index (χ4n) is 3.96. The summed E-state index contributed by atoms with van der Waals surface area (Å²) < 4.78 is 17.7. The Morgan fingerprint density at radius 1 is 0.903 bits per heavy atom. The zero-order chi connectivity index (χ0) is 20.9. The molecule has 0 aliphatic heterocycles. The van der Waals surface area contributed by atoms with E-state index < -0.39 is 5.82 Å². The van der Waals surface area contributed by atoms with E-state index in [1.807, 2.05) is 77.5 Å². The topological polar surface area (TPSA) is 69.6 Å². The van der Waals surface area contributed by atoms with Crippen molar-refractivity contribution in [3.63, 3.8) is 0 Å². The number of allylic oxidation sites excluding steroid dienone is 4. The van der Waals surface area contributed by atoms with Crippen LogP contribution in [-0.2, 0) is 0 Å². The van der Waals surface area contributed by atoms with E-state index in [-0.39, 0.29) is 0 Å². The molecule has 0 spiro atoms. The van der Waals surface area contributed by atoms with Gasteiger partial charge in [-0.25, -0.2) is 19.3 Å². The molecule has 0 unspecified atom stereocenters. The number of benzene rings is 2. The van der Waals surface area contributed by atoms with Crippen LogP contribution in [0.5, 0.6) is 0 Å². The first kappa shape index (κ1) is 17.5. The number of anilines is 1. The van der Waals surface area contributed by atoms with E-state index >= 15 is 4.39 Å². The summed E-state index contributed by atoms with van der Waals surface area (Å²) in [5.74, 6) is -0.0798. The Hall–Kier alpha value is -4.32. The zero-order valence-electron chi connectivity index (χ0n) is 16.3. The van der Waals surface area contributed by atoms with E-state index in [4.69, 9.17) is 5.73 Å². The van der Waals surface area contributed by atoms with Crippen molar-refractivity contribution in [2.45, 2.75) is 0 Å². The molecule has 1 aliphatic rings. The van der Waals surface area contributed by atoms with E-state index in [1.165, 1.54) is 6.33 Å². The van der Waals surface area contributed by atoms with Gasteiger partial charge in [-0.2, -0.15) is 0 Å². The standard InChI is InChI=1S/C25H16FN5/c26-22-18(11-9-16-10-12-20(30-23(16)22)15-5-2-1-3-6-15)19-13-31(17-7-4-8-17)25-21(19)24(27)28-14-29-25/h1-14H,(H2,27,28,29). The minimum Gasteiger partial charge on any atom is -0.383 e. The largest absolute Gasteiger partial charge is 0.383 e. The van der Waals surface area contributed by atoms with Gasteiger partial charge in [-0.15, -0.1) is 0 Å². The van der Waals surface area contributed by atoms with Crippen LogP contribution in [0.1, 0.15) is 0 Å². The van der Waals surface area contributed by atoms with Gasteiger partial charge < -0.3 is 10.3 Å². The highest BCUT2D eigenvalue weighted by atomic mass is 19.1. The molecule has 5 nitrogen and oxygen atoms in total. The molecule has 0 amide bonds. The summed E-state index contributed by atoms with van der Waals surface area (Å²) in [6.07, 6.45) is 9.15. The van der Waals surface area contributed by atoms with Crippen LogP contribution in [0, 0.1) is 5.82 Å². The first-order valence-electron chi connectivity index (χ1n) is 9.86. The van der Waals surface area contributed by atoms with Crippen molar-refractivity contribution in [3.8, 4) is 22.4 Å². The third-order valence-electron chi connectivity index (χ3n) is 5.58. The highest BCUT2D eigenvalue weighted by Crippen LogP contribution is 2.38. The van der Waals surface area contributed by atoms with Gasteiger partial charge in [0.1, 0.15) is 17.7 Å². The lowest BCUT2D eigenvalue weighted by Gasteiger charge is -2.09. The molecule has 1 aliphatic carbocycles. The van der Waals surface area contributed by atoms with Crippen LogP contribution in [0.4, 0.5) is 10.2 Å². The van der Waals surface area contributed by atoms with Crippen LogP contribution in [-0.4, -0.2) is 19.5 Å². The third-order valence-corrected chi connectivity index (χ3v) is 5.58. The molecule has 3 heterocycles. The lowest BCUT2D eigenvalue weighted by Crippen LogP contribution is -1.99. The number of aromatic nitrogens is 4. The molecule has 3 aromatic heterocycles. The van der Waals surface area contributed by atoms with Gasteiger partial charge in [0.15, 0.2) is 11.5 Å². The van der Waals surface area contributed by atoms with Crippen molar-refractivity contribution in [2.24, 2.45) is 0 Å². The van der Waals surface area contributed by atoms with Crippen molar-refractivity contribution in [1.82, 2.24) is 19.5 Å². The summed E-state index contributed by atoms with van der Waals surface area (Å²) in [5.41, 5.74) is 10.8. The van der Waals surface area contributed by atoms with Gasteiger partial charge in [0, 0.05) is 34.0 Å². The maximum absolute atomic E-state index is 15.8. The number of nitrogen functional groups attached to an aromatic ring is 1. The number of rotatable bonds is 3. The SMILES string of the molecule is Nc1ncnc2c1c(-c1ccc3ccc(-c4ccccc4)nc3c1F)cn2C1=CC=C1. The Morgan fingerprint density at radius 3 is 2.48 bits per heavy atom. The molecule has 6 heteroatoms. The van der Waals surface area contributed by atoms with E-state index in [9.17, 15) is 0 Å². The Labute approximate surface area is 177 Å². The molecular formula is C25H16FN5. The lowest BCUT2D eigenvalue weighted by molar-refractivity contribution is 0.640. The monoisotopic (exact) mass is 405 g/mol. The normalized spacial score (nSPS) is 12.9. The Morgan fingerprint density at radius 2 is 1.71 bits per heavy atom. The number of pyridine rings is 1. The second-order valence-electron chi connectivity index (χ2n) is 7.38. The summed E-state index contributed by atoms with van der Waals surface area (Å²) in [7, 11) is 0. The quantitative estimate of drug-likeness (QED) is 0.434. The van der Waals surface area contributed by atoms with Gasteiger partial charge >= 0.3 is 0 Å². The van der Waals surface area contributed by atoms with Gasteiger partial charge in [0.25, 0.3) is 0 Å². The molecule has 0 atom stereocenters. The lowest BCUT2D eigenvalue weighted by atomic mass is 10.0.